The molecule has 1 aromatic carbocycles. The first-order valence-electron chi connectivity index (χ1n) is 8.23. The minimum Gasteiger partial charge on any atom is -0.350 e. The summed E-state index contributed by atoms with van der Waals surface area (Å²) in [6, 6.07) is 5.88. The highest BCUT2D eigenvalue weighted by Crippen LogP contribution is 2.20. The second kappa shape index (κ2) is 7.86. The molecule has 5 nitrogen and oxygen atoms in total. The number of piperidine rings is 1. The lowest BCUT2D eigenvalue weighted by atomic mass is 9.95. The van der Waals surface area contributed by atoms with E-state index in [9.17, 15) is 9.18 Å². The standard InChI is InChI=1S/C17H23FN2O3/c18-14-1-3-15(4-2-14)19-17(21)13-5-8-20(9-6-13)10-7-16-22-11-12-23-16/h1-4,13,16H,5-12H2,(H,19,21). The fourth-order valence-corrected chi connectivity index (χ4v) is 3.06. The lowest BCUT2D eigenvalue weighted by molar-refractivity contribution is -0.121. The molecule has 2 heterocycles. The van der Waals surface area contributed by atoms with Crippen LogP contribution >= 0.6 is 0 Å². The maximum absolute atomic E-state index is 12.9. The first-order chi connectivity index (χ1) is 11.2. The van der Waals surface area contributed by atoms with Crippen molar-refractivity contribution < 1.29 is 18.7 Å². The lowest BCUT2D eigenvalue weighted by Gasteiger charge is -2.31. The Morgan fingerprint density at radius 2 is 1.83 bits per heavy atom. The summed E-state index contributed by atoms with van der Waals surface area (Å²) in [7, 11) is 0. The molecular weight excluding hydrogens is 299 g/mol. The molecule has 0 bridgehead atoms. The molecule has 0 aliphatic carbocycles. The second-order valence-electron chi connectivity index (χ2n) is 6.07. The van der Waals surface area contributed by atoms with Crippen molar-refractivity contribution in [2.75, 3.05) is 38.2 Å². The van der Waals surface area contributed by atoms with Gasteiger partial charge in [-0.15, -0.1) is 0 Å². The predicted molar refractivity (Wildman–Crippen MR) is 84.5 cm³/mol. The molecular formula is C17H23FN2O3. The van der Waals surface area contributed by atoms with E-state index in [0.29, 0.717) is 18.9 Å². The van der Waals surface area contributed by atoms with Gasteiger partial charge in [-0.3, -0.25) is 4.79 Å². The number of halogens is 1. The molecule has 23 heavy (non-hydrogen) atoms. The maximum atomic E-state index is 12.9. The van der Waals surface area contributed by atoms with Crippen molar-refractivity contribution in [2.45, 2.75) is 25.6 Å². The van der Waals surface area contributed by atoms with Crippen LogP contribution in [-0.4, -0.2) is 49.9 Å². The Morgan fingerprint density at radius 1 is 1.17 bits per heavy atom. The normalized spacial score (nSPS) is 20.7. The highest BCUT2D eigenvalue weighted by atomic mass is 19.1. The fraction of sp³-hybridized carbons (Fsp3) is 0.588. The largest absolute Gasteiger partial charge is 0.350 e. The number of rotatable bonds is 5. The zero-order chi connectivity index (χ0) is 16.1. The number of nitrogens with zero attached hydrogens (tertiary/aromatic N) is 1. The Morgan fingerprint density at radius 3 is 2.48 bits per heavy atom. The van der Waals surface area contributed by atoms with Gasteiger partial charge in [0.1, 0.15) is 5.82 Å². The van der Waals surface area contributed by atoms with E-state index in [2.05, 4.69) is 10.2 Å². The summed E-state index contributed by atoms with van der Waals surface area (Å²) in [5.41, 5.74) is 0.648. The molecule has 3 rings (SSSR count). The molecule has 2 fully saturated rings. The molecule has 1 N–H and O–H groups in total. The SMILES string of the molecule is O=C(Nc1ccc(F)cc1)C1CCN(CCC2OCCO2)CC1. The van der Waals surface area contributed by atoms with Crippen molar-refractivity contribution in [3.8, 4) is 0 Å². The highest BCUT2D eigenvalue weighted by molar-refractivity contribution is 5.92. The molecule has 126 valence electrons. The third-order valence-corrected chi connectivity index (χ3v) is 4.44. The summed E-state index contributed by atoms with van der Waals surface area (Å²) >= 11 is 0. The third kappa shape index (κ3) is 4.73. The molecule has 0 atom stereocenters. The van der Waals surface area contributed by atoms with E-state index in [-0.39, 0.29) is 23.9 Å². The maximum Gasteiger partial charge on any atom is 0.227 e. The molecule has 0 unspecified atom stereocenters. The molecule has 0 spiro atoms. The minimum atomic E-state index is -0.300. The number of likely N-dealkylation sites (tertiary alicyclic amines) is 1. The van der Waals surface area contributed by atoms with Crippen LogP contribution in [0, 0.1) is 11.7 Å². The van der Waals surface area contributed by atoms with Gasteiger partial charge in [0.25, 0.3) is 0 Å². The van der Waals surface area contributed by atoms with Gasteiger partial charge in [0, 0.05) is 24.6 Å². The number of hydrogen-bond donors (Lipinski definition) is 1. The molecule has 6 heteroatoms. The Kier molecular flexibility index (Phi) is 5.59. The molecule has 2 saturated heterocycles. The molecule has 1 aromatic rings. The van der Waals surface area contributed by atoms with Gasteiger partial charge in [-0.1, -0.05) is 0 Å². The van der Waals surface area contributed by atoms with Crippen LogP contribution < -0.4 is 5.32 Å². The lowest BCUT2D eigenvalue weighted by Crippen LogP contribution is -2.39. The topological polar surface area (TPSA) is 50.8 Å². The first-order valence-corrected chi connectivity index (χ1v) is 8.23. The summed E-state index contributed by atoms with van der Waals surface area (Å²) in [4.78, 5) is 14.6. The van der Waals surface area contributed by atoms with E-state index in [4.69, 9.17) is 9.47 Å². The van der Waals surface area contributed by atoms with Crippen LogP contribution in [0.15, 0.2) is 24.3 Å². The Labute approximate surface area is 135 Å². The van der Waals surface area contributed by atoms with E-state index >= 15 is 0 Å². The highest BCUT2D eigenvalue weighted by Gasteiger charge is 2.26. The van der Waals surface area contributed by atoms with Crippen molar-refractivity contribution in [1.29, 1.82) is 0 Å². The molecule has 2 aliphatic rings. The number of benzene rings is 1. The zero-order valence-corrected chi connectivity index (χ0v) is 13.2. The third-order valence-electron chi connectivity index (χ3n) is 4.44. The van der Waals surface area contributed by atoms with Gasteiger partial charge in [-0.05, 0) is 50.2 Å². The monoisotopic (exact) mass is 322 g/mol. The van der Waals surface area contributed by atoms with Crippen LogP contribution in [0.2, 0.25) is 0 Å². The Bertz CT molecular complexity index is 509. The van der Waals surface area contributed by atoms with Gasteiger partial charge in [-0.2, -0.15) is 0 Å². The molecule has 0 aromatic heterocycles. The van der Waals surface area contributed by atoms with Crippen LogP contribution in [-0.2, 0) is 14.3 Å². The van der Waals surface area contributed by atoms with Crippen LogP contribution in [0.1, 0.15) is 19.3 Å². The van der Waals surface area contributed by atoms with Crippen LogP contribution in [0.5, 0.6) is 0 Å². The molecule has 0 saturated carbocycles. The van der Waals surface area contributed by atoms with Crippen molar-refractivity contribution >= 4 is 11.6 Å². The Hall–Kier alpha value is -1.50. The number of carbonyl (C=O) groups is 1. The predicted octanol–water partition coefficient (Wildman–Crippen LogP) is 2.24. The summed E-state index contributed by atoms with van der Waals surface area (Å²) in [5, 5.41) is 2.87. The van der Waals surface area contributed by atoms with Crippen molar-refractivity contribution in [3.05, 3.63) is 30.1 Å². The number of nitrogens with one attached hydrogen (secondary N) is 1. The average molecular weight is 322 g/mol. The number of ether oxygens (including phenoxy) is 2. The number of anilines is 1. The quantitative estimate of drug-likeness (QED) is 0.903. The average Bonchev–Trinajstić information content (AvgIpc) is 3.09. The number of hydrogen-bond acceptors (Lipinski definition) is 4. The molecule has 1 amide bonds. The van der Waals surface area contributed by atoms with Gasteiger partial charge in [-0.25, -0.2) is 4.39 Å². The van der Waals surface area contributed by atoms with Gasteiger partial charge >= 0.3 is 0 Å². The number of carbonyl (C=O) groups excluding carboxylic acids is 1. The van der Waals surface area contributed by atoms with Gasteiger partial charge in [0.15, 0.2) is 6.29 Å². The van der Waals surface area contributed by atoms with Gasteiger partial charge in [0.05, 0.1) is 13.2 Å². The molecule has 2 aliphatic heterocycles. The first kappa shape index (κ1) is 16.4. The van der Waals surface area contributed by atoms with Crippen molar-refractivity contribution in [2.24, 2.45) is 5.92 Å². The Balaban J connectivity index is 1.39. The zero-order valence-electron chi connectivity index (χ0n) is 13.2. The van der Waals surface area contributed by atoms with E-state index in [0.717, 1.165) is 38.9 Å². The smallest absolute Gasteiger partial charge is 0.227 e. The fourth-order valence-electron chi connectivity index (χ4n) is 3.06. The van der Waals surface area contributed by atoms with Crippen LogP contribution in [0.25, 0.3) is 0 Å². The summed E-state index contributed by atoms with van der Waals surface area (Å²) in [5.74, 6) is -0.250. The van der Waals surface area contributed by atoms with Gasteiger partial charge < -0.3 is 19.7 Å². The van der Waals surface area contributed by atoms with E-state index in [1.54, 1.807) is 12.1 Å². The summed E-state index contributed by atoms with van der Waals surface area (Å²) in [6.45, 7) is 4.14. The minimum absolute atomic E-state index is 0.0234. The number of amides is 1. The van der Waals surface area contributed by atoms with Crippen LogP contribution in [0.4, 0.5) is 10.1 Å². The van der Waals surface area contributed by atoms with Gasteiger partial charge in [0.2, 0.25) is 5.91 Å². The van der Waals surface area contributed by atoms with Crippen molar-refractivity contribution in [3.63, 3.8) is 0 Å². The van der Waals surface area contributed by atoms with E-state index in [1.807, 2.05) is 0 Å². The second-order valence-corrected chi connectivity index (χ2v) is 6.07. The van der Waals surface area contributed by atoms with Crippen molar-refractivity contribution in [1.82, 2.24) is 4.90 Å². The summed E-state index contributed by atoms with van der Waals surface area (Å²) in [6.07, 6.45) is 2.51. The summed E-state index contributed by atoms with van der Waals surface area (Å²) < 4.78 is 23.7. The molecule has 0 radical (unpaired) electrons. The van der Waals surface area contributed by atoms with E-state index in [1.165, 1.54) is 12.1 Å². The van der Waals surface area contributed by atoms with E-state index < -0.39 is 0 Å². The van der Waals surface area contributed by atoms with Crippen LogP contribution in [0.3, 0.4) is 0 Å².